The number of ether oxygens (including phenoxy) is 1. The van der Waals surface area contributed by atoms with Gasteiger partial charge in [0.15, 0.2) is 0 Å². The molecule has 3 aromatic carbocycles. The van der Waals surface area contributed by atoms with Gasteiger partial charge in [0.2, 0.25) is 0 Å². The van der Waals surface area contributed by atoms with E-state index in [1.165, 1.54) is 16.9 Å². The molecule has 3 heterocycles. The number of aryl methyl sites for hydroxylation is 1. The number of halogens is 1. The molecule has 49 heavy (non-hydrogen) atoms. The summed E-state index contributed by atoms with van der Waals surface area (Å²) in [6.45, 7) is 17.7. The number of anilines is 3. The van der Waals surface area contributed by atoms with Crippen LogP contribution in [0.4, 0.5) is 17.1 Å². The second kappa shape index (κ2) is 15.5. The summed E-state index contributed by atoms with van der Waals surface area (Å²) in [5.41, 5.74) is 5.55. The molecule has 9 heteroatoms. The minimum Gasteiger partial charge on any atom is -0.368 e. The van der Waals surface area contributed by atoms with Crippen molar-refractivity contribution in [2.24, 2.45) is 16.1 Å². The van der Waals surface area contributed by atoms with E-state index in [0.29, 0.717) is 25.1 Å². The average molecular weight is 680 g/mol. The number of hydrogen-bond donors (Lipinski definition) is 0. The smallest absolute Gasteiger partial charge is 0.128 e. The van der Waals surface area contributed by atoms with Crippen molar-refractivity contribution in [3.63, 3.8) is 0 Å². The Kier molecular flexibility index (Phi) is 11.0. The number of piperazine rings is 1. The molecule has 3 atom stereocenters. The van der Waals surface area contributed by atoms with E-state index in [9.17, 15) is 0 Å². The van der Waals surface area contributed by atoms with E-state index in [0.717, 1.165) is 74.0 Å². The summed E-state index contributed by atoms with van der Waals surface area (Å²) in [5, 5.41) is 13.7. The zero-order valence-electron chi connectivity index (χ0n) is 29.2. The quantitative estimate of drug-likeness (QED) is 0.135. The lowest BCUT2D eigenvalue weighted by Crippen LogP contribution is -2.46. The van der Waals surface area contributed by atoms with Crippen molar-refractivity contribution >= 4 is 41.2 Å². The maximum atomic E-state index is 6.70. The number of benzene rings is 3. The van der Waals surface area contributed by atoms with Gasteiger partial charge in [0.1, 0.15) is 17.8 Å². The van der Waals surface area contributed by atoms with Gasteiger partial charge in [-0.25, -0.2) is 5.01 Å². The Hall–Kier alpha value is -4.27. The molecule has 0 aliphatic carbocycles. The van der Waals surface area contributed by atoms with Crippen molar-refractivity contribution in [3.05, 3.63) is 114 Å². The van der Waals surface area contributed by atoms with Crippen LogP contribution < -0.4 is 14.7 Å². The van der Waals surface area contributed by atoms with E-state index >= 15 is 0 Å². The second-order valence-electron chi connectivity index (χ2n) is 13.5. The molecule has 0 bridgehead atoms. The van der Waals surface area contributed by atoms with Gasteiger partial charge in [-0.05, 0) is 92.6 Å². The van der Waals surface area contributed by atoms with E-state index in [-0.39, 0.29) is 0 Å². The largest absolute Gasteiger partial charge is 0.368 e. The summed E-state index contributed by atoms with van der Waals surface area (Å²) in [6.07, 6.45) is 9.28. The zero-order chi connectivity index (χ0) is 34.4. The van der Waals surface area contributed by atoms with E-state index in [2.05, 4.69) is 107 Å². The van der Waals surface area contributed by atoms with Gasteiger partial charge < -0.3 is 14.5 Å². The first kappa shape index (κ1) is 34.6. The molecule has 3 aliphatic heterocycles. The van der Waals surface area contributed by atoms with Crippen LogP contribution in [0.5, 0.6) is 0 Å². The summed E-state index contributed by atoms with van der Waals surface area (Å²) >= 11 is 6.70. The molecule has 0 spiro atoms. The van der Waals surface area contributed by atoms with Crippen molar-refractivity contribution in [1.29, 1.82) is 0 Å². The van der Waals surface area contributed by atoms with Gasteiger partial charge in [0.25, 0.3) is 0 Å². The third kappa shape index (κ3) is 7.81. The van der Waals surface area contributed by atoms with Crippen LogP contribution in [0.25, 0.3) is 0 Å². The molecule has 258 valence electrons. The Morgan fingerprint density at radius 3 is 2.27 bits per heavy atom. The highest BCUT2D eigenvalue weighted by Crippen LogP contribution is 2.44. The summed E-state index contributed by atoms with van der Waals surface area (Å²) in [4.78, 5) is 7.04. The summed E-state index contributed by atoms with van der Waals surface area (Å²) < 4.78 is 6.60. The molecule has 3 unspecified atom stereocenters. The van der Waals surface area contributed by atoms with Gasteiger partial charge in [-0.3, -0.25) is 9.91 Å². The average Bonchev–Trinajstić information content (AvgIpc) is 3.73. The predicted octanol–water partition coefficient (Wildman–Crippen LogP) is 7.97. The van der Waals surface area contributed by atoms with E-state index in [1.807, 2.05) is 41.6 Å². The van der Waals surface area contributed by atoms with Crippen LogP contribution in [0.15, 0.2) is 108 Å². The Morgan fingerprint density at radius 2 is 1.63 bits per heavy atom. The summed E-state index contributed by atoms with van der Waals surface area (Å²) in [7, 11) is 1.97. The first-order valence-corrected chi connectivity index (χ1v) is 17.9. The molecule has 6 rings (SSSR count). The van der Waals surface area contributed by atoms with Crippen molar-refractivity contribution < 1.29 is 4.74 Å². The minimum atomic E-state index is -0.489. The Labute approximate surface area is 297 Å². The molecule has 0 N–H and O–H groups in total. The normalized spacial score (nSPS) is 21.6. The van der Waals surface area contributed by atoms with Gasteiger partial charge >= 0.3 is 0 Å². The van der Waals surface area contributed by atoms with Crippen LogP contribution in [0.1, 0.15) is 44.2 Å². The molecular weight excluding hydrogens is 630 g/mol. The molecule has 0 amide bonds. The zero-order valence-corrected chi connectivity index (χ0v) is 30.0. The lowest BCUT2D eigenvalue weighted by molar-refractivity contribution is -0.0230. The van der Waals surface area contributed by atoms with Crippen LogP contribution in [0.2, 0.25) is 5.02 Å². The van der Waals surface area contributed by atoms with Crippen LogP contribution in [0.3, 0.4) is 0 Å². The second-order valence-corrected chi connectivity index (χ2v) is 13.9. The number of likely N-dealkylation sites (N-methyl/N-ethyl adjacent to an activating group) is 1. The van der Waals surface area contributed by atoms with Crippen LogP contribution in [-0.4, -0.2) is 75.0 Å². The molecule has 0 saturated carbocycles. The lowest BCUT2D eigenvalue weighted by Gasteiger charge is -2.37. The Bertz CT molecular complexity index is 1630. The van der Waals surface area contributed by atoms with Crippen molar-refractivity contribution in [2.75, 3.05) is 61.1 Å². The Balaban J connectivity index is 0.997. The molecule has 0 aromatic heterocycles. The third-order valence-electron chi connectivity index (χ3n) is 10.2. The maximum absolute atomic E-state index is 6.70. The van der Waals surface area contributed by atoms with Crippen molar-refractivity contribution in [3.8, 4) is 0 Å². The van der Waals surface area contributed by atoms with E-state index < -0.39 is 5.60 Å². The fourth-order valence-electron chi connectivity index (χ4n) is 7.23. The number of hydrazone groups is 2. The summed E-state index contributed by atoms with van der Waals surface area (Å²) in [6, 6.07) is 26.3. The highest BCUT2D eigenvalue weighted by Gasteiger charge is 2.43. The fourth-order valence-corrected chi connectivity index (χ4v) is 7.54. The van der Waals surface area contributed by atoms with Crippen molar-refractivity contribution in [2.45, 2.75) is 51.2 Å². The molecule has 8 nitrogen and oxygen atoms in total. The van der Waals surface area contributed by atoms with E-state index in [1.54, 1.807) is 12.3 Å². The van der Waals surface area contributed by atoms with Gasteiger partial charge in [-0.15, -0.1) is 0 Å². The van der Waals surface area contributed by atoms with Gasteiger partial charge in [-0.1, -0.05) is 62.0 Å². The van der Waals surface area contributed by atoms with Gasteiger partial charge in [0.05, 0.1) is 19.2 Å². The maximum Gasteiger partial charge on any atom is 0.128 e. The SMILES string of the molecule is C=C/C=N\N(C)CC1(c2ccccc2Cl)CC(CCc2ccc(N3CCN(c4ccc(N5C=NN(C(C)CC)C5=C)cc4)CC3)cc2)CO1. The Morgan fingerprint density at radius 1 is 1.00 bits per heavy atom. The summed E-state index contributed by atoms with van der Waals surface area (Å²) in [5.74, 6) is 1.34. The molecule has 3 aromatic rings. The minimum absolute atomic E-state index is 0.329. The first-order valence-electron chi connectivity index (χ1n) is 17.6. The molecule has 3 aliphatic rings. The third-order valence-corrected chi connectivity index (χ3v) is 10.5. The van der Waals surface area contributed by atoms with E-state index in [4.69, 9.17) is 16.3 Å². The molecule has 2 saturated heterocycles. The topological polar surface area (TPSA) is 50.2 Å². The van der Waals surface area contributed by atoms with Crippen LogP contribution >= 0.6 is 11.6 Å². The number of rotatable bonds is 13. The molecule has 0 radical (unpaired) electrons. The van der Waals surface area contributed by atoms with Crippen molar-refractivity contribution in [1.82, 2.24) is 10.0 Å². The first-order chi connectivity index (χ1) is 23.8. The standard InChI is InChI=1S/C40H50ClN7O/c1-6-22-42-44(5)29-40(38-10-8-9-11-39(38)41)27-34(28-49-40)13-12-33-14-16-35(17-15-33)45-23-25-46(26-24-45)36-18-20-37(21-19-36)47-30-43-48(32(47)4)31(3)7-2/h6,8-11,14-22,30-31,34H,1,4,7,12-13,23-29H2,2-3,5H3/b42-22-. The van der Waals surface area contributed by atoms with Crippen LogP contribution in [0, 0.1) is 5.92 Å². The van der Waals surface area contributed by atoms with Gasteiger partial charge in [0, 0.05) is 67.1 Å². The monoisotopic (exact) mass is 679 g/mol. The number of nitrogens with zero attached hydrogens (tertiary/aromatic N) is 7. The van der Waals surface area contributed by atoms with Gasteiger partial charge in [-0.2, -0.15) is 10.2 Å². The molecule has 2 fully saturated rings. The highest BCUT2D eigenvalue weighted by atomic mass is 35.5. The fraction of sp³-hybridized carbons (Fsp3) is 0.400. The number of hydrogen-bond acceptors (Lipinski definition) is 8. The molecular formula is C40H50ClN7O. The highest BCUT2D eigenvalue weighted by molar-refractivity contribution is 6.31. The number of allylic oxidation sites excluding steroid dienone is 1. The predicted molar refractivity (Wildman–Crippen MR) is 206 cm³/mol. The lowest BCUT2D eigenvalue weighted by atomic mass is 9.85. The van der Waals surface area contributed by atoms with Crippen LogP contribution in [-0.2, 0) is 16.8 Å².